The molecule has 0 aliphatic carbocycles. The maximum Gasteiger partial charge on any atom is 0.253 e. The van der Waals surface area contributed by atoms with Crippen molar-refractivity contribution in [2.24, 2.45) is 5.41 Å². The van der Waals surface area contributed by atoms with Crippen LogP contribution in [0.25, 0.3) is 10.6 Å². The predicted molar refractivity (Wildman–Crippen MR) is 115 cm³/mol. The summed E-state index contributed by atoms with van der Waals surface area (Å²) in [7, 11) is 0. The average molecular weight is 395 g/mol. The highest BCUT2D eigenvalue weighted by atomic mass is 32.1. The van der Waals surface area contributed by atoms with Crippen LogP contribution in [0.5, 0.6) is 0 Å². The summed E-state index contributed by atoms with van der Waals surface area (Å²) in [6, 6.07) is 14.0. The minimum Gasteiger partial charge on any atom is -0.371 e. The van der Waals surface area contributed by atoms with Crippen molar-refractivity contribution in [3.8, 4) is 10.6 Å². The van der Waals surface area contributed by atoms with Gasteiger partial charge in [0.05, 0.1) is 28.4 Å². The molecule has 28 heavy (non-hydrogen) atoms. The standard InChI is InChI=1S/C22H26N4OS/c1-22(2)9-11-26(12-10-22)19-7-4-3-6-17(19)21(27)23-15-16-14-18(25-24-16)20-8-5-13-28-20/h3-8,13-14H,9-12,15H2,1-2H3,(H,23,27)(H,24,25). The number of thiophene rings is 1. The molecule has 1 aliphatic heterocycles. The second-order valence-corrected chi connectivity index (χ2v) is 9.05. The van der Waals surface area contributed by atoms with Crippen molar-refractivity contribution in [1.29, 1.82) is 0 Å². The summed E-state index contributed by atoms with van der Waals surface area (Å²) >= 11 is 1.66. The first kappa shape index (κ1) is 18.7. The Labute approximate surface area is 169 Å². The number of carbonyl (C=O) groups is 1. The molecule has 1 amide bonds. The summed E-state index contributed by atoms with van der Waals surface area (Å²) in [5.74, 6) is -0.0545. The number of benzene rings is 1. The average Bonchev–Trinajstić information content (AvgIpc) is 3.38. The molecule has 1 saturated heterocycles. The third kappa shape index (κ3) is 4.12. The molecule has 1 fully saturated rings. The SMILES string of the molecule is CC1(C)CCN(c2ccccc2C(=O)NCc2cc(-c3cccs3)[nH]n2)CC1. The second-order valence-electron chi connectivity index (χ2n) is 8.10. The Morgan fingerprint density at radius 2 is 2.00 bits per heavy atom. The van der Waals surface area contributed by atoms with E-state index in [0.717, 1.165) is 53.4 Å². The summed E-state index contributed by atoms with van der Waals surface area (Å²) in [4.78, 5) is 16.3. The fourth-order valence-electron chi connectivity index (χ4n) is 3.57. The number of H-pyrrole nitrogens is 1. The number of para-hydroxylation sites is 1. The van der Waals surface area contributed by atoms with Gasteiger partial charge in [-0.2, -0.15) is 5.10 Å². The van der Waals surface area contributed by atoms with Crippen LogP contribution in [0.15, 0.2) is 47.8 Å². The molecule has 0 bridgehead atoms. The molecular weight excluding hydrogens is 368 g/mol. The van der Waals surface area contributed by atoms with E-state index in [0.29, 0.717) is 12.0 Å². The maximum absolute atomic E-state index is 12.9. The lowest BCUT2D eigenvalue weighted by Crippen LogP contribution is -2.38. The number of amides is 1. The highest BCUT2D eigenvalue weighted by molar-refractivity contribution is 7.13. The molecule has 3 aromatic rings. The van der Waals surface area contributed by atoms with Gasteiger partial charge in [-0.05, 0) is 47.9 Å². The highest BCUT2D eigenvalue weighted by Crippen LogP contribution is 2.33. The van der Waals surface area contributed by atoms with Crippen LogP contribution < -0.4 is 10.2 Å². The van der Waals surface area contributed by atoms with E-state index in [-0.39, 0.29) is 5.91 Å². The first-order valence-corrected chi connectivity index (χ1v) is 10.6. The Hall–Kier alpha value is -2.60. The molecule has 5 nitrogen and oxygen atoms in total. The van der Waals surface area contributed by atoms with Gasteiger partial charge in [0.1, 0.15) is 0 Å². The lowest BCUT2D eigenvalue weighted by molar-refractivity contribution is 0.0950. The van der Waals surface area contributed by atoms with E-state index in [1.54, 1.807) is 11.3 Å². The van der Waals surface area contributed by atoms with E-state index < -0.39 is 0 Å². The summed E-state index contributed by atoms with van der Waals surface area (Å²) in [6.45, 7) is 7.01. The molecule has 0 spiro atoms. The van der Waals surface area contributed by atoms with E-state index in [1.165, 1.54) is 0 Å². The third-order valence-corrected chi connectivity index (χ3v) is 6.36. The molecule has 0 atom stereocenters. The summed E-state index contributed by atoms with van der Waals surface area (Å²) in [6.07, 6.45) is 2.28. The predicted octanol–water partition coefficient (Wildman–Crippen LogP) is 4.69. The normalized spacial score (nSPS) is 16.1. The van der Waals surface area contributed by atoms with Crippen molar-refractivity contribution in [3.63, 3.8) is 0 Å². The topological polar surface area (TPSA) is 61.0 Å². The van der Waals surface area contributed by atoms with Crippen LogP contribution in [0.4, 0.5) is 5.69 Å². The lowest BCUT2D eigenvalue weighted by Gasteiger charge is -2.38. The molecule has 6 heteroatoms. The molecule has 146 valence electrons. The van der Waals surface area contributed by atoms with Crippen molar-refractivity contribution in [3.05, 3.63) is 59.1 Å². The van der Waals surface area contributed by atoms with Crippen LogP contribution >= 0.6 is 11.3 Å². The number of aromatic amines is 1. The monoisotopic (exact) mass is 394 g/mol. The van der Waals surface area contributed by atoms with Gasteiger partial charge >= 0.3 is 0 Å². The van der Waals surface area contributed by atoms with Crippen molar-refractivity contribution >= 4 is 22.9 Å². The number of nitrogens with one attached hydrogen (secondary N) is 2. The molecule has 1 aromatic carbocycles. The van der Waals surface area contributed by atoms with E-state index >= 15 is 0 Å². The number of nitrogens with zero attached hydrogens (tertiary/aromatic N) is 2. The molecule has 0 radical (unpaired) electrons. The van der Waals surface area contributed by atoms with E-state index in [9.17, 15) is 4.79 Å². The number of rotatable bonds is 5. The van der Waals surface area contributed by atoms with Gasteiger partial charge in [0.2, 0.25) is 0 Å². The molecule has 0 saturated carbocycles. The van der Waals surface area contributed by atoms with Crippen LogP contribution in [0.1, 0.15) is 42.7 Å². The molecular formula is C22H26N4OS. The number of aromatic nitrogens is 2. The van der Waals surface area contributed by atoms with Crippen molar-refractivity contribution in [2.75, 3.05) is 18.0 Å². The Kier molecular flexibility index (Phi) is 5.22. The fraction of sp³-hybridized carbons (Fsp3) is 0.364. The minimum absolute atomic E-state index is 0.0545. The summed E-state index contributed by atoms with van der Waals surface area (Å²) in [5, 5.41) is 12.4. The van der Waals surface area contributed by atoms with Crippen molar-refractivity contribution in [2.45, 2.75) is 33.2 Å². The van der Waals surface area contributed by atoms with Gasteiger partial charge in [0.15, 0.2) is 0 Å². The molecule has 0 unspecified atom stereocenters. The quantitative estimate of drug-likeness (QED) is 0.660. The number of piperidine rings is 1. The number of hydrogen-bond acceptors (Lipinski definition) is 4. The number of hydrogen-bond donors (Lipinski definition) is 2. The van der Waals surface area contributed by atoms with E-state index in [2.05, 4.69) is 46.4 Å². The van der Waals surface area contributed by atoms with Gasteiger partial charge < -0.3 is 10.2 Å². The van der Waals surface area contributed by atoms with Crippen LogP contribution in [-0.4, -0.2) is 29.2 Å². The Morgan fingerprint density at radius 3 is 2.75 bits per heavy atom. The van der Waals surface area contributed by atoms with Crippen LogP contribution in [0.2, 0.25) is 0 Å². The summed E-state index contributed by atoms with van der Waals surface area (Å²) < 4.78 is 0. The molecule has 1 aliphatic rings. The zero-order chi connectivity index (χ0) is 19.6. The first-order valence-electron chi connectivity index (χ1n) is 9.72. The smallest absolute Gasteiger partial charge is 0.253 e. The van der Waals surface area contributed by atoms with Crippen LogP contribution in [0, 0.1) is 5.41 Å². The Bertz CT molecular complexity index is 935. The summed E-state index contributed by atoms with van der Waals surface area (Å²) in [5.41, 5.74) is 3.95. The van der Waals surface area contributed by atoms with Gasteiger partial charge in [0.25, 0.3) is 5.91 Å². The number of anilines is 1. The Balaban J connectivity index is 1.43. The number of carbonyl (C=O) groups excluding carboxylic acids is 1. The van der Waals surface area contributed by atoms with Crippen molar-refractivity contribution < 1.29 is 4.79 Å². The zero-order valence-electron chi connectivity index (χ0n) is 16.4. The Morgan fingerprint density at radius 1 is 1.21 bits per heavy atom. The van der Waals surface area contributed by atoms with Gasteiger partial charge in [-0.1, -0.05) is 32.0 Å². The first-order chi connectivity index (χ1) is 13.5. The van der Waals surface area contributed by atoms with E-state index in [4.69, 9.17) is 0 Å². The highest BCUT2D eigenvalue weighted by Gasteiger charge is 2.27. The van der Waals surface area contributed by atoms with Gasteiger partial charge in [-0.3, -0.25) is 9.89 Å². The van der Waals surface area contributed by atoms with E-state index in [1.807, 2.05) is 35.7 Å². The third-order valence-electron chi connectivity index (χ3n) is 5.45. The second kappa shape index (κ2) is 7.80. The molecule has 2 aromatic heterocycles. The van der Waals surface area contributed by atoms with Crippen LogP contribution in [0.3, 0.4) is 0 Å². The van der Waals surface area contributed by atoms with Gasteiger partial charge in [0, 0.05) is 18.8 Å². The zero-order valence-corrected chi connectivity index (χ0v) is 17.2. The lowest BCUT2D eigenvalue weighted by atomic mass is 9.82. The van der Waals surface area contributed by atoms with Gasteiger partial charge in [-0.25, -0.2) is 0 Å². The molecule has 3 heterocycles. The maximum atomic E-state index is 12.9. The largest absolute Gasteiger partial charge is 0.371 e. The van der Waals surface area contributed by atoms with Gasteiger partial charge in [-0.15, -0.1) is 11.3 Å². The van der Waals surface area contributed by atoms with Crippen LogP contribution in [-0.2, 0) is 6.54 Å². The van der Waals surface area contributed by atoms with Crippen molar-refractivity contribution in [1.82, 2.24) is 15.5 Å². The molecule has 2 N–H and O–H groups in total. The minimum atomic E-state index is -0.0545. The fourth-order valence-corrected chi connectivity index (χ4v) is 4.26. The molecule has 4 rings (SSSR count).